The van der Waals surface area contributed by atoms with E-state index in [0.717, 1.165) is 44.7 Å². The van der Waals surface area contributed by atoms with Gasteiger partial charge in [0.05, 0.1) is 0 Å². The van der Waals surface area contributed by atoms with Crippen LogP contribution < -0.4 is 5.32 Å². The van der Waals surface area contributed by atoms with E-state index in [2.05, 4.69) is 12.2 Å². The van der Waals surface area contributed by atoms with Crippen molar-refractivity contribution in [1.29, 1.82) is 0 Å². The van der Waals surface area contributed by atoms with E-state index in [1.54, 1.807) is 0 Å². The van der Waals surface area contributed by atoms with Gasteiger partial charge in [0.25, 0.3) is 0 Å². The number of rotatable bonds is 8. The van der Waals surface area contributed by atoms with E-state index >= 15 is 0 Å². The maximum atomic E-state index is 11.9. The van der Waals surface area contributed by atoms with Crippen LogP contribution in [0.15, 0.2) is 0 Å². The normalized spacial score (nSPS) is 16.1. The van der Waals surface area contributed by atoms with E-state index in [9.17, 15) is 9.59 Å². The van der Waals surface area contributed by atoms with E-state index in [1.165, 1.54) is 12.8 Å². The molecule has 0 atom stereocenters. The van der Waals surface area contributed by atoms with Gasteiger partial charge in [-0.15, -0.1) is 0 Å². The van der Waals surface area contributed by atoms with Gasteiger partial charge in [-0.25, -0.2) is 4.79 Å². The lowest BCUT2D eigenvalue weighted by molar-refractivity contribution is -0.137. The van der Waals surface area contributed by atoms with Crippen LogP contribution in [0.1, 0.15) is 58.3 Å². The predicted molar refractivity (Wildman–Crippen MR) is 78.7 cm³/mol. The van der Waals surface area contributed by atoms with Crippen LogP contribution in [0.5, 0.6) is 0 Å². The maximum Gasteiger partial charge on any atom is 0.317 e. The number of piperidine rings is 1. The number of amides is 2. The smallest absolute Gasteiger partial charge is 0.317 e. The number of nitrogens with zero attached hydrogens (tertiary/aromatic N) is 1. The van der Waals surface area contributed by atoms with Crippen LogP contribution in [-0.4, -0.2) is 41.6 Å². The molecule has 0 saturated carbocycles. The topological polar surface area (TPSA) is 69.6 Å². The van der Waals surface area contributed by atoms with Gasteiger partial charge in [0.2, 0.25) is 0 Å². The Labute approximate surface area is 121 Å². The molecule has 0 bridgehead atoms. The average molecular weight is 284 g/mol. The number of hydrogen-bond acceptors (Lipinski definition) is 2. The van der Waals surface area contributed by atoms with Crippen LogP contribution in [0.4, 0.5) is 4.79 Å². The molecule has 1 fully saturated rings. The van der Waals surface area contributed by atoms with Gasteiger partial charge in [0, 0.05) is 26.1 Å². The van der Waals surface area contributed by atoms with Crippen LogP contribution in [0.3, 0.4) is 0 Å². The summed E-state index contributed by atoms with van der Waals surface area (Å²) in [7, 11) is 0. The van der Waals surface area contributed by atoms with Gasteiger partial charge in [0.15, 0.2) is 0 Å². The molecule has 20 heavy (non-hydrogen) atoms. The Morgan fingerprint density at radius 2 is 1.90 bits per heavy atom. The highest BCUT2D eigenvalue weighted by Crippen LogP contribution is 2.21. The molecule has 1 aliphatic heterocycles. The highest BCUT2D eigenvalue weighted by atomic mass is 16.4. The summed E-state index contributed by atoms with van der Waals surface area (Å²) >= 11 is 0. The molecule has 0 aromatic carbocycles. The number of carbonyl (C=O) groups excluding carboxylic acids is 1. The third-order valence-electron chi connectivity index (χ3n) is 3.94. The SMILES string of the molecule is CCCC1CCN(C(=O)NCCCCCC(=O)O)CC1. The summed E-state index contributed by atoms with van der Waals surface area (Å²) in [6.07, 6.45) is 7.37. The molecule has 0 unspecified atom stereocenters. The highest BCUT2D eigenvalue weighted by molar-refractivity contribution is 5.74. The second kappa shape index (κ2) is 9.61. The maximum absolute atomic E-state index is 11.9. The molecule has 1 heterocycles. The van der Waals surface area contributed by atoms with Crippen molar-refractivity contribution in [1.82, 2.24) is 10.2 Å². The van der Waals surface area contributed by atoms with E-state index in [-0.39, 0.29) is 12.5 Å². The molecule has 0 radical (unpaired) electrons. The Kier molecular flexibility index (Phi) is 8.07. The van der Waals surface area contributed by atoms with Crippen LogP contribution in [0.25, 0.3) is 0 Å². The van der Waals surface area contributed by atoms with E-state index in [0.29, 0.717) is 13.0 Å². The summed E-state index contributed by atoms with van der Waals surface area (Å²) in [5, 5.41) is 11.4. The predicted octanol–water partition coefficient (Wildman–Crippen LogP) is 2.85. The van der Waals surface area contributed by atoms with Crippen molar-refractivity contribution in [3.05, 3.63) is 0 Å². The Morgan fingerprint density at radius 3 is 2.50 bits per heavy atom. The van der Waals surface area contributed by atoms with Gasteiger partial charge >= 0.3 is 12.0 Å². The minimum absolute atomic E-state index is 0.0400. The van der Waals surface area contributed by atoms with Gasteiger partial charge in [-0.1, -0.05) is 26.2 Å². The zero-order chi connectivity index (χ0) is 14.8. The Hall–Kier alpha value is -1.26. The molecule has 2 N–H and O–H groups in total. The molecule has 0 aromatic rings. The molecule has 116 valence electrons. The van der Waals surface area contributed by atoms with Crippen LogP contribution in [-0.2, 0) is 4.79 Å². The molecule has 5 nitrogen and oxygen atoms in total. The minimum Gasteiger partial charge on any atom is -0.481 e. The summed E-state index contributed by atoms with van der Waals surface area (Å²) in [4.78, 5) is 24.2. The van der Waals surface area contributed by atoms with Crippen LogP contribution in [0, 0.1) is 5.92 Å². The first kappa shape index (κ1) is 16.8. The van der Waals surface area contributed by atoms with Crippen LogP contribution >= 0.6 is 0 Å². The zero-order valence-electron chi connectivity index (χ0n) is 12.6. The van der Waals surface area contributed by atoms with Crippen molar-refractivity contribution < 1.29 is 14.7 Å². The van der Waals surface area contributed by atoms with Crippen molar-refractivity contribution in [3.63, 3.8) is 0 Å². The van der Waals surface area contributed by atoms with Crippen LogP contribution in [0.2, 0.25) is 0 Å². The highest BCUT2D eigenvalue weighted by Gasteiger charge is 2.21. The molecule has 0 aliphatic carbocycles. The summed E-state index contributed by atoms with van der Waals surface area (Å²) < 4.78 is 0. The standard InChI is InChI=1S/C15H28N2O3/c1-2-6-13-8-11-17(12-9-13)15(20)16-10-5-3-4-7-14(18)19/h13H,2-12H2,1H3,(H,16,20)(H,18,19). The molecular weight excluding hydrogens is 256 g/mol. The zero-order valence-corrected chi connectivity index (χ0v) is 12.6. The molecule has 5 heteroatoms. The van der Waals surface area contributed by atoms with Crippen molar-refractivity contribution in [2.45, 2.75) is 58.3 Å². The third-order valence-corrected chi connectivity index (χ3v) is 3.94. The fourth-order valence-corrected chi connectivity index (χ4v) is 2.72. The van der Waals surface area contributed by atoms with E-state index in [4.69, 9.17) is 5.11 Å². The lowest BCUT2D eigenvalue weighted by Crippen LogP contribution is -2.44. The molecule has 1 saturated heterocycles. The van der Waals surface area contributed by atoms with Crippen molar-refractivity contribution in [2.75, 3.05) is 19.6 Å². The minimum atomic E-state index is -0.746. The molecule has 1 rings (SSSR count). The fourth-order valence-electron chi connectivity index (χ4n) is 2.72. The first-order chi connectivity index (χ1) is 9.63. The summed E-state index contributed by atoms with van der Waals surface area (Å²) in [6, 6.07) is 0.0400. The summed E-state index contributed by atoms with van der Waals surface area (Å²) in [5.74, 6) is 0.0454. The second-order valence-corrected chi connectivity index (χ2v) is 5.66. The first-order valence-electron chi connectivity index (χ1n) is 7.88. The molecule has 0 spiro atoms. The van der Waals surface area contributed by atoms with Gasteiger partial charge in [-0.3, -0.25) is 4.79 Å². The first-order valence-corrected chi connectivity index (χ1v) is 7.88. The number of aliphatic carboxylic acids is 1. The Balaban J connectivity index is 2.04. The van der Waals surface area contributed by atoms with Crippen molar-refractivity contribution >= 4 is 12.0 Å². The molecule has 0 aromatic heterocycles. The van der Waals surface area contributed by atoms with Gasteiger partial charge in [-0.2, -0.15) is 0 Å². The molecule has 2 amide bonds. The fraction of sp³-hybridized carbons (Fsp3) is 0.867. The lowest BCUT2D eigenvalue weighted by atomic mass is 9.93. The molecular formula is C15H28N2O3. The van der Waals surface area contributed by atoms with E-state index in [1.807, 2.05) is 4.90 Å². The number of carbonyl (C=O) groups is 2. The second-order valence-electron chi connectivity index (χ2n) is 5.66. The number of unbranched alkanes of at least 4 members (excludes halogenated alkanes) is 2. The molecule has 1 aliphatic rings. The quantitative estimate of drug-likeness (QED) is 0.673. The number of carboxylic acids is 1. The number of likely N-dealkylation sites (tertiary alicyclic amines) is 1. The van der Waals surface area contributed by atoms with Gasteiger partial charge in [-0.05, 0) is 31.6 Å². The third kappa shape index (κ3) is 6.78. The van der Waals surface area contributed by atoms with Crippen molar-refractivity contribution in [2.24, 2.45) is 5.92 Å². The summed E-state index contributed by atoms with van der Waals surface area (Å²) in [6.45, 7) is 4.60. The number of urea groups is 1. The Bertz CT molecular complexity index is 299. The largest absolute Gasteiger partial charge is 0.481 e. The van der Waals surface area contributed by atoms with Crippen molar-refractivity contribution in [3.8, 4) is 0 Å². The monoisotopic (exact) mass is 284 g/mol. The Morgan fingerprint density at radius 1 is 1.20 bits per heavy atom. The number of nitrogens with one attached hydrogen (secondary N) is 1. The lowest BCUT2D eigenvalue weighted by Gasteiger charge is -2.31. The van der Waals surface area contributed by atoms with Gasteiger partial charge < -0.3 is 15.3 Å². The number of carboxylic acid groups (broad SMARTS) is 1. The van der Waals surface area contributed by atoms with Gasteiger partial charge in [0.1, 0.15) is 0 Å². The number of hydrogen-bond donors (Lipinski definition) is 2. The summed E-state index contributed by atoms with van der Waals surface area (Å²) in [5.41, 5.74) is 0. The average Bonchev–Trinajstić information content (AvgIpc) is 2.43. The van der Waals surface area contributed by atoms with E-state index < -0.39 is 5.97 Å².